The molecule has 3 N–H and O–H groups in total. The minimum absolute atomic E-state index is 0.0337. The van der Waals surface area contributed by atoms with Gasteiger partial charge in [0.15, 0.2) is 0 Å². The number of aliphatic hydroxyl groups is 2. The molecule has 2 heterocycles. The van der Waals surface area contributed by atoms with Crippen molar-refractivity contribution in [1.29, 1.82) is 0 Å². The maximum Gasteiger partial charge on any atom is 0.333 e. The Balaban J connectivity index is 1.60. The number of halogens is 5. The number of carbonyl (C=O) groups excluding carboxylic acids is 1. The van der Waals surface area contributed by atoms with Gasteiger partial charge in [-0.05, 0) is 61.4 Å². The summed E-state index contributed by atoms with van der Waals surface area (Å²) in [6.45, 7) is -0.221. The first-order chi connectivity index (χ1) is 21.2. The summed E-state index contributed by atoms with van der Waals surface area (Å²) in [7, 11) is 1.32. The third kappa shape index (κ3) is 6.34. The number of nitrogens with one attached hydrogen (secondary N) is 1. The molecule has 8 nitrogen and oxygen atoms in total. The van der Waals surface area contributed by atoms with Gasteiger partial charge in [-0.3, -0.25) is 4.79 Å². The van der Waals surface area contributed by atoms with Crippen LogP contribution in [0.4, 0.5) is 13.2 Å². The fourth-order valence-electron chi connectivity index (χ4n) is 4.83. The third-order valence-electron chi connectivity index (χ3n) is 7.30. The fourth-order valence-corrected chi connectivity index (χ4v) is 5.25. The van der Waals surface area contributed by atoms with Crippen LogP contribution in [0.25, 0.3) is 22.2 Å². The van der Waals surface area contributed by atoms with Gasteiger partial charge < -0.3 is 20.3 Å². The van der Waals surface area contributed by atoms with Gasteiger partial charge >= 0.3 is 6.55 Å². The van der Waals surface area contributed by atoms with Crippen molar-refractivity contribution in [1.82, 2.24) is 20.1 Å². The number of benzene rings is 3. The summed E-state index contributed by atoms with van der Waals surface area (Å²) in [6.07, 6.45) is 1.10. The number of aromatic nitrogens is 3. The molecule has 5 aromatic rings. The van der Waals surface area contributed by atoms with Gasteiger partial charge in [0.25, 0.3) is 5.91 Å². The zero-order chi connectivity index (χ0) is 32.7. The Kier molecular flexibility index (Phi) is 8.83. The zero-order valence-corrected chi connectivity index (χ0v) is 25.7. The summed E-state index contributed by atoms with van der Waals surface area (Å²) in [5.41, 5.74) is -2.02. The van der Waals surface area contributed by atoms with E-state index < -0.39 is 36.0 Å². The molecule has 0 aliphatic rings. The number of fused-ring (bicyclic) bond motifs is 1. The Hall–Kier alpha value is -4.16. The van der Waals surface area contributed by atoms with Crippen molar-refractivity contribution in [2.45, 2.75) is 31.6 Å². The molecule has 0 radical (unpaired) electrons. The molecule has 5 rings (SSSR count). The Morgan fingerprint density at radius 2 is 1.73 bits per heavy atom. The van der Waals surface area contributed by atoms with Crippen molar-refractivity contribution >= 4 is 40.0 Å². The van der Waals surface area contributed by atoms with Crippen LogP contribution in [0.3, 0.4) is 0 Å². The molecular formula is C32H27Cl2F3N4O4. The first-order valence-corrected chi connectivity index (χ1v) is 14.3. The van der Waals surface area contributed by atoms with Gasteiger partial charge in [0, 0.05) is 22.7 Å². The number of carbonyl (C=O) groups is 1. The first-order valence-electron chi connectivity index (χ1n) is 13.5. The van der Waals surface area contributed by atoms with Crippen molar-refractivity contribution in [3.63, 3.8) is 0 Å². The van der Waals surface area contributed by atoms with Crippen LogP contribution < -0.4 is 10.1 Å². The van der Waals surface area contributed by atoms with Gasteiger partial charge in [-0.1, -0.05) is 53.5 Å². The molecule has 1 amide bonds. The Morgan fingerprint density at radius 1 is 1.02 bits per heavy atom. The maximum atomic E-state index is 14.1. The second-order valence-corrected chi connectivity index (χ2v) is 11.6. The van der Waals surface area contributed by atoms with E-state index in [1.54, 1.807) is 36.4 Å². The lowest BCUT2D eigenvalue weighted by Gasteiger charge is -2.31. The number of hydrogen-bond donors (Lipinski definition) is 3. The second kappa shape index (κ2) is 12.3. The molecule has 0 saturated carbocycles. The number of methoxy groups -OCH3 is 1. The monoisotopic (exact) mass is 658 g/mol. The van der Waals surface area contributed by atoms with Gasteiger partial charge in [0.1, 0.15) is 22.7 Å². The highest BCUT2D eigenvalue weighted by Crippen LogP contribution is 2.38. The molecule has 0 fully saturated rings. The van der Waals surface area contributed by atoms with E-state index in [1.807, 2.05) is 0 Å². The van der Waals surface area contributed by atoms with Crippen LogP contribution in [0.5, 0.6) is 5.75 Å². The summed E-state index contributed by atoms with van der Waals surface area (Å²) in [5, 5.41) is 29.6. The van der Waals surface area contributed by atoms with Crippen LogP contribution in [0.1, 0.15) is 47.6 Å². The molecule has 0 bridgehead atoms. The normalized spacial score (nSPS) is 13.2. The summed E-state index contributed by atoms with van der Waals surface area (Å²) in [6, 6.07) is 16.7. The van der Waals surface area contributed by atoms with Crippen LogP contribution in [0.15, 0.2) is 72.9 Å². The number of amides is 1. The highest BCUT2D eigenvalue weighted by molar-refractivity contribution is 6.43. The van der Waals surface area contributed by atoms with E-state index in [1.165, 1.54) is 45.2 Å². The molecule has 0 spiro atoms. The number of alkyl halides is 2. The molecular weight excluding hydrogens is 632 g/mol. The molecule has 0 unspecified atom stereocenters. The smallest absolute Gasteiger partial charge is 0.333 e. The van der Waals surface area contributed by atoms with Crippen LogP contribution in [0.2, 0.25) is 10.0 Å². The lowest BCUT2D eigenvalue weighted by Crippen LogP contribution is -2.42. The van der Waals surface area contributed by atoms with Crippen molar-refractivity contribution in [3.8, 4) is 17.0 Å². The minimum atomic E-state index is -2.89. The van der Waals surface area contributed by atoms with E-state index in [2.05, 4.69) is 15.4 Å². The highest BCUT2D eigenvalue weighted by atomic mass is 35.5. The van der Waals surface area contributed by atoms with E-state index in [-0.39, 0.29) is 49.2 Å². The first kappa shape index (κ1) is 32.2. The van der Waals surface area contributed by atoms with E-state index in [0.29, 0.717) is 15.8 Å². The number of nitrogens with zero attached hydrogens (tertiary/aromatic N) is 3. The minimum Gasteiger partial charge on any atom is -0.494 e. The summed E-state index contributed by atoms with van der Waals surface area (Å²) < 4.78 is 46.4. The largest absolute Gasteiger partial charge is 0.494 e. The Labute approximate surface area is 266 Å². The quantitative estimate of drug-likeness (QED) is 0.150. The molecule has 3 aromatic carbocycles. The number of hydrogen-bond acceptors (Lipinski definition) is 6. The predicted molar refractivity (Wildman–Crippen MR) is 164 cm³/mol. The molecule has 0 saturated heterocycles. The molecule has 0 aliphatic heterocycles. The van der Waals surface area contributed by atoms with Crippen LogP contribution in [-0.2, 0) is 11.2 Å². The highest BCUT2D eigenvalue weighted by Gasteiger charge is 2.36. The molecule has 45 heavy (non-hydrogen) atoms. The summed E-state index contributed by atoms with van der Waals surface area (Å²) in [5.74, 6) is -1.28. The van der Waals surface area contributed by atoms with Crippen LogP contribution >= 0.6 is 23.2 Å². The topological polar surface area (TPSA) is 110 Å². The van der Waals surface area contributed by atoms with Gasteiger partial charge in [-0.2, -0.15) is 13.9 Å². The van der Waals surface area contributed by atoms with Crippen LogP contribution in [0, 0.1) is 5.82 Å². The molecule has 2 aromatic heterocycles. The maximum absolute atomic E-state index is 14.1. The van der Waals surface area contributed by atoms with Gasteiger partial charge in [-0.15, -0.1) is 0 Å². The van der Waals surface area contributed by atoms with Crippen molar-refractivity contribution in [2.24, 2.45) is 0 Å². The fraction of sp³-hybridized carbons (Fsp3) is 0.219. The lowest BCUT2D eigenvalue weighted by atomic mass is 9.86. The number of pyridine rings is 1. The lowest BCUT2D eigenvalue weighted by molar-refractivity contribution is 0.0573. The summed E-state index contributed by atoms with van der Waals surface area (Å²) >= 11 is 12.5. The number of rotatable bonds is 9. The van der Waals surface area contributed by atoms with E-state index in [0.717, 1.165) is 12.3 Å². The summed E-state index contributed by atoms with van der Waals surface area (Å²) in [4.78, 5) is 18.1. The second-order valence-electron chi connectivity index (χ2n) is 10.8. The van der Waals surface area contributed by atoms with E-state index >= 15 is 0 Å². The van der Waals surface area contributed by atoms with Gasteiger partial charge in [-0.25, -0.2) is 14.1 Å². The SMILES string of the molecule is COc1cc(C(=O)NC[C@@](O)(c2ccccc2)c2cc(C(C)(C)O)cc(-c3ccc(F)c(Cl)c3Cl)n2)cc2cn(C(F)F)nc12. The van der Waals surface area contributed by atoms with Crippen molar-refractivity contribution in [2.75, 3.05) is 13.7 Å². The number of ether oxygens (including phenoxy) is 1. The van der Waals surface area contributed by atoms with Gasteiger partial charge in [0.2, 0.25) is 0 Å². The molecule has 234 valence electrons. The molecule has 13 heteroatoms. The Morgan fingerprint density at radius 3 is 2.38 bits per heavy atom. The van der Waals surface area contributed by atoms with Crippen LogP contribution in [-0.4, -0.2) is 44.5 Å². The standard InChI is InChI=1S/C32H27Cl2F3N4O4/c1-31(2,43)20-13-23(21-9-10-22(35)27(34)26(21)33)39-25(14-20)32(44,19-7-5-4-6-8-19)16-38-29(42)17-11-18-15-41(30(36)37)40-28(18)24(12-17)45-3/h4-15,30,43-44H,16H2,1-3H3,(H,38,42)/t32-/m1/s1. The van der Waals surface area contributed by atoms with Crippen molar-refractivity contribution in [3.05, 3.63) is 111 Å². The average Bonchev–Trinajstić information content (AvgIpc) is 3.47. The third-order valence-corrected chi connectivity index (χ3v) is 8.15. The zero-order valence-electron chi connectivity index (χ0n) is 24.2. The van der Waals surface area contributed by atoms with E-state index in [9.17, 15) is 28.2 Å². The molecule has 1 atom stereocenters. The predicted octanol–water partition coefficient (Wildman–Crippen LogP) is 6.84. The molecule has 0 aliphatic carbocycles. The van der Waals surface area contributed by atoms with Crippen molar-refractivity contribution < 1.29 is 32.9 Å². The van der Waals surface area contributed by atoms with Gasteiger partial charge in [0.05, 0.1) is 40.7 Å². The Bertz CT molecular complexity index is 1900. The average molecular weight is 659 g/mol. The van der Waals surface area contributed by atoms with E-state index in [4.69, 9.17) is 27.9 Å².